The molecule has 0 bridgehead atoms. The number of rotatable bonds is 6. The molecular formula is C21H19FN4O4S. The first-order valence-electron chi connectivity index (χ1n) is 9.35. The van der Waals surface area contributed by atoms with Crippen molar-refractivity contribution in [1.82, 2.24) is 9.71 Å². The number of benzene rings is 2. The number of halogens is 1. The molecule has 1 fully saturated rings. The predicted octanol–water partition coefficient (Wildman–Crippen LogP) is 3.15. The number of amides is 1. The van der Waals surface area contributed by atoms with Gasteiger partial charge in [0.2, 0.25) is 11.2 Å². The molecule has 1 aliphatic heterocycles. The molecule has 31 heavy (non-hydrogen) atoms. The zero-order valence-corrected chi connectivity index (χ0v) is 17.3. The van der Waals surface area contributed by atoms with Crippen molar-refractivity contribution in [2.45, 2.75) is 13.5 Å². The molecular weight excluding hydrogens is 423 g/mol. The summed E-state index contributed by atoms with van der Waals surface area (Å²) in [5.41, 5.74) is 0.887. The third kappa shape index (κ3) is 4.75. The summed E-state index contributed by atoms with van der Waals surface area (Å²) in [6, 6.07) is 15.4. The summed E-state index contributed by atoms with van der Waals surface area (Å²) >= 11 is -1.93. The van der Waals surface area contributed by atoms with Gasteiger partial charge < -0.3 is 15.2 Å². The lowest BCUT2D eigenvalue weighted by Crippen LogP contribution is -2.23. The molecule has 1 aliphatic rings. The Labute approximate surface area is 180 Å². The highest BCUT2D eigenvalue weighted by Gasteiger charge is 2.31. The van der Waals surface area contributed by atoms with Gasteiger partial charge in [-0.1, -0.05) is 18.2 Å². The number of hydrogen-bond donors (Lipinski definition) is 3. The van der Waals surface area contributed by atoms with Crippen LogP contribution in [0.1, 0.15) is 11.3 Å². The zero-order chi connectivity index (χ0) is 22.0. The fraction of sp³-hybridized carbons (Fsp3) is 0.143. The standard InChI is InChI=1S/C21H19FN4O4S/c1-13-7-16(30-15-5-3-2-4-6-15)10-19(24-13)23-11-14-8-17(22)21(18(27)9-14)26-12-20(28)25-31(26)29/h2-10,27H,11-12H2,1H3,(H,23,24)(H,25,28). The summed E-state index contributed by atoms with van der Waals surface area (Å²) < 4.78 is 35.5. The first kappa shape index (κ1) is 20.6. The van der Waals surface area contributed by atoms with Gasteiger partial charge in [0.05, 0.1) is 0 Å². The summed E-state index contributed by atoms with van der Waals surface area (Å²) in [6.45, 7) is 1.70. The fourth-order valence-corrected chi connectivity index (χ4v) is 4.08. The minimum atomic E-state index is -1.93. The molecule has 8 nitrogen and oxygen atoms in total. The van der Waals surface area contributed by atoms with Crippen LogP contribution in [-0.4, -0.2) is 26.8 Å². The lowest BCUT2D eigenvalue weighted by atomic mass is 10.1. The molecule has 1 aromatic heterocycles. The van der Waals surface area contributed by atoms with Crippen LogP contribution in [-0.2, 0) is 22.5 Å². The number of ether oxygens (including phenoxy) is 1. The highest BCUT2D eigenvalue weighted by molar-refractivity contribution is 7.85. The van der Waals surface area contributed by atoms with Crippen LogP contribution in [0.3, 0.4) is 0 Å². The number of phenolic OH excluding ortho intramolecular Hbond substituents is 1. The van der Waals surface area contributed by atoms with Gasteiger partial charge in [0.15, 0.2) is 5.82 Å². The summed E-state index contributed by atoms with van der Waals surface area (Å²) in [6.07, 6.45) is 0. The number of nitrogens with one attached hydrogen (secondary N) is 2. The normalized spacial score (nSPS) is 15.6. The SMILES string of the molecule is Cc1cc(Oc2ccccc2)cc(NCc2cc(O)c(N3CC(=O)NS3=O)c(F)c2)n1. The molecule has 3 aromatic rings. The first-order chi connectivity index (χ1) is 14.9. The zero-order valence-electron chi connectivity index (χ0n) is 16.5. The Morgan fingerprint density at radius 2 is 2.00 bits per heavy atom. The number of aryl methyl sites for hydroxylation is 1. The quantitative estimate of drug-likeness (QED) is 0.542. The summed E-state index contributed by atoms with van der Waals surface area (Å²) in [5, 5.41) is 13.3. The van der Waals surface area contributed by atoms with Gasteiger partial charge in [0.1, 0.15) is 35.3 Å². The van der Waals surface area contributed by atoms with Crippen LogP contribution < -0.4 is 19.1 Å². The number of carbonyl (C=O) groups is 1. The van der Waals surface area contributed by atoms with Crippen molar-refractivity contribution in [1.29, 1.82) is 0 Å². The largest absolute Gasteiger partial charge is 0.506 e. The van der Waals surface area contributed by atoms with Crippen molar-refractivity contribution in [3.63, 3.8) is 0 Å². The third-order valence-corrected chi connectivity index (χ3v) is 5.53. The Balaban J connectivity index is 1.49. The smallest absolute Gasteiger partial charge is 0.253 e. The molecule has 1 amide bonds. The first-order valence-corrected chi connectivity index (χ1v) is 10.5. The van der Waals surface area contributed by atoms with E-state index in [4.69, 9.17) is 4.74 Å². The maximum atomic E-state index is 14.6. The molecule has 1 unspecified atom stereocenters. The van der Waals surface area contributed by atoms with Crippen molar-refractivity contribution >= 4 is 28.6 Å². The van der Waals surface area contributed by atoms with E-state index in [9.17, 15) is 18.5 Å². The minimum Gasteiger partial charge on any atom is -0.506 e. The molecule has 0 aliphatic carbocycles. The Morgan fingerprint density at radius 1 is 1.23 bits per heavy atom. The van der Waals surface area contributed by atoms with E-state index in [1.165, 1.54) is 12.1 Å². The summed E-state index contributed by atoms with van der Waals surface area (Å²) in [4.78, 5) is 15.8. The molecule has 2 heterocycles. The van der Waals surface area contributed by atoms with Crippen LogP contribution in [0, 0.1) is 12.7 Å². The van der Waals surface area contributed by atoms with Gasteiger partial charge in [0.25, 0.3) is 5.91 Å². The number of aromatic nitrogens is 1. The van der Waals surface area contributed by atoms with Crippen LogP contribution in [0.25, 0.3) is 0 Å². The lowest BCUT2D eigenvalue weighted by Gasteiger charge is -2.17. The number of carbonyl (C=O) groups excluding carboxylic acids is 1. The fourth-order valence-electron chi connectivity index (χ4n) is 3.13. The number of phenols is 1. The van der Waals surface area contributed by atoms with E-state index in [1.54, 1.807) is 12.1 Å². The van der Waals surface area contributed by atoms with E-state index in [0.29, 0.717) is 22.9 Å². The number of hydrogen-bond acceptors (Lipinski definition) is 6. The average molecular weight is 442 g/mol. The molecule has 160 valence electrons. The van der Waals surface area contributed by atoms with Crippen molar-refractivity contribution in [3.8, 4) is 17.2 Å². The predicted molar refractivity (Wildman–Crippen MR) is 115 cm³/mol. The molecule has 4 rings (SSSR count). The maximum Gasteiger partial charge on any atom is 0.253 e. The summed E-state index contributed by atoms with van der Waals surface area (Å²) in [5.74, 6) is 0.0966. The van der Waals surface area contributed by atoms with Gasteiger partial charge in [-0.05, 0) is 36.8 Å². The van der Waals surface area contributed by atoms with Crippen LogP contribution >= 0.6 is 0 Å². The highest BCUT2D eigenvalue weighted by atomic mass is 32.2. The second kappa shape index (κ2) is 8.60. The maximum absolute atomic E-state index is 14.6. The Kier molecular flexibility index (Phi) is 5.72. The lowest BCUT2D eigenvalue weighted by molar-refractivity contribution is -0.117. The molecule has 0 radical (unpaired) electrons. The monoisotopic (exact) mass is 442 g/mol. The van der Waals surface area contributed by atoms with Crippen molar-refractivity contribution in [3.05, 3.63) is 71.7 Å². The topological polar surface area (TPSA) is 104 Å². The Bertz CT molecular complexity index is 1140. The highest BCUT2D eigenvalue weighted by Crippen LogP contribution is 2.34. The van der Waals surface area contributed by atoms with E-state index in [0.717, 1.165) is 10.00 Å². The van der Waals surface area contributed by atoms with Gasteiger partial charge in [-0.15, -0.1) is 0 Å². The van der Waals surface area contributed by atoms with E-state index < -0.39 is 28.6 Å². The number of para-hydroxylation sites is 1. The number of anilines is 2. The van der Waals surface area contributed by atoms with Gasteiger partial charge in [0, 0.05) is 24.4 Å². The molecule has 0 spiro atoms. The molecule has 0 saturated carbocycles. The van der Waals surface area contributed by atoms with Gasteiger partial charge in [-0.3, -0.25) is 13.8 Å². The van der Waals surface area contributed by atoms with Crippen molar-refractivity contribution in [2.75, 3.05) is 16.2 Å². The average Bonchev–Trinajstić information content (AvgIpc) is 3.04. The number of aromatic hydroxyl groups is 1. The number of nitrogens with zero attached hydrogens (tertiary/aromatic N) is 2. The molecule has 10 heteroatoms. The molecule has 2 aromatic carbocycles. The molecule has 1 atom stereocenters. The van der Waals surface area contributed by atoms with Crippen molar-refractivity contribution in [2.24, 2.45) is 0 Å². The van der Waals surface area contributed by atoms with E-state index in [-0.39, 0.29) is 18.8 Å². The Hall–Kier alpha value is -3.66. The molecule has 1 saturated heterocycles. The van der Waals surface area contributed by atoms with Gasteiger partial charge in [-0.25, -0.2) is 13.6 Å². The van der Waals surface area contributed by atoms with Crippen LogP contribution in [0.2, 0.25) is 0 Å². The second-order valence-corrected chi connectivity index (χ2v) is 8.00. The van der Waals surface area contributed by atoms with E-state index in [1.807, 2.05) is 37.3 Å². The van der Waals surface area contributed by atoms with Crippen molar-refractivity contribution < 1.29 is 23.2 Å². The van der Waals surface area contributed by atoms with Gasteiger partial charge >= 0.3 is 0 Å². The molecule has 3 N–H and O–H groups in total. The summed E-state index contributed by atoms with van der Waals surface area (Å²) in [7, 11) is 0. The van der Waals surface area contributed by atoms with E-state index >= 15 is 0 Å². The van der Waals surface area contributed by atoms with Crippen LogP contribution in [0.15, 0.2) is 54.6 Å². The van der Waals surface area contributed by atoms with Crippen LogP contribution in [0.4, 0.5) is 15.9 Å². The third-order valence-electron chi connectivity index (χ3n) is 4.42. The van der Waals surface area contributed by atoms with Gasteiger partial charge in [-0.2, -0.15) is 0 Å². The van der Waals surface area contributed by atoms with Crippen LogP contribution in [0.5, 0.6) is 17.2 Å². The minimum absolute atomic E-state index is 0.173. The van der Waals surface area contributed by atoms with E-state index in [2.05, 4.69) is 15.0 Å². The number of pyridine rings is 1. The Morgan fingerprint density at radius 3 is 2.68 bits per heavy atom. The second-order valence-electron chi connectivity index (χ2n) is 6.85.